The van der Waals surface area contributed by atoms with Crippen molar-refractivity contribution in [1.29, 1.82) is 0 Å². The maximum Gasteiger partial charge on any atom is 0.211 e. The van der Waals surface area contributed by atoms with E-state index in [1.165, 1.54) is 10.6 Å². The maximum absolute atomic E-state index is 12.5. The molecule has 0 aliphatic heterocycles. The monoisotopic (exact) mass is 502 g/mol. The molecular formula is C28H30N4O3S. The van der Waals surface area contributed by atoms with Gasteiger partial charge in [-0.3, -0.25) is 4.98 Å². The summed E-state index contributed by atoms with van der Waals surface area (Å²) in [6, 6.07) is 20.8. The van der Waals surface area contributed by atoms with Crippen LogP contribution >= 0.6 is 0 Å². The van der Waals surface area contributed by atoms with E-state index in [1.54, 1.807) is 30.7 Å². The van der Waals surface area contributed by atoms with Crippen molar-refractivity contribution >= 4 is 10.0 Å². The first-order chi connectivity index (χ1) is 17.4. The highest BCUT2D eigenvalue weighted by molar-refractivity contribution is 7.88. The van der Waals surface area contributed by atoms with Crippen molar-refractivity contribution in [1.82, 2.24) is 19.3 Å². The zero-order chi connectivity index (χ0) is 25.4. The smallest absolute Gasteiger partial charge is 0.211 e. The van der Waals surface area contributed by atoms with Crippen LogP contribution < -0.4 is 0 Å². The Balaban J connectivity index is 1.42. The molecule has 7 nitrogen and oxygen atoms in total. The molecule has 4 rings (SSSR count). The van der Waals surface area contributed by atoms with Gasteiger partial charge in [0.1, 0.15) is 11.6 Å². The van der Waals surface area contributed by atoms with Crippen LogP contribution in [0, 0.1) is 0 Å². The molecule has 0 atom stereocenters. The predicted molar refractivity (Wildman–Crippen MR) is 141 cm³/mol. The van der Waals surface area contributed by atoms with Gasteiger partial charge in [0.2, 0.25) is 10.0 Å². The van der Waals surface area contributed by atoms with E-state index in [0.29, 0.717) is 19.5 Å². The van der Waals surface area contributed by atoms with Crippen molar-refractivity contribution < 1.29 is 13.5 Å². The van der Waals surface area contributed by atoms with Gasteiger partial charge in [-0.05, 0) is 72.4 Å². The van der Waals surface area contributed by atoms with E-state index in [2.05, 4.69) is 9.97 Å². The van der Waals surface area contributed by atoms with Gasteiger partial charge >= 0.3 is 0 Å². The summed E-state index contributed by atoms with van der Waals surface area (Å²) in [4.78, 5) is 13.2. The molecule has 2 heterocycles. The zero-order valence-electron chi connectivity index (χ0n) is 20.3. The second-order valence-corrected chi connectivity index (χ2v) is 10.8. The largest absolute Gasteiger partial charge is 0.508 e. The predicted octanol–water partition coefficient (Wildman–Crippen LogP) is 4.42. The lowest BCUT2D eigenvalue weighted by atomic mass is 10.1. The number of nitrogens with zero attached hydrogens (tertiary/aromatic N) is 4. The summed E-state index contributed by atoms with van der Waals surface area (Å²) in [5.74, 6) is 1.04. The van der Waals surface area contributed by atoms with Gasteiger partial charge in [-0.2, -0.15) is 4.31 Å². The van der Waals surface area contributed by atoms with Crippen LogP contribution in [-0.4, -0.2) is 45.6 Å². The summed E-state index contributed by atoms with van der Waals surface area (Å²) < 4.78 is 26.4. The number of hydrogen-bond acceptors (Lipinski definition) is 6. The van der Waals surface area contributed by atoms with E-state index in [0.717, 1.165) is 53.0 Å². The van der Waals surface area contributed by atoms with Gasteiger partial charge in [-0.25, -0.2) is 18.4 Å². The molecule has 0 aliphatic carbocycles. The summed E-state index contributed by atoms with van der Waals surface area (Å²) in [7, 11) is -3.37. The molecule has 186 valence electrons. The van der Waals surface area contributed by atoms with Crippen LogP contribution in [0.25, 0.3) is 11.3 Å². The maximum atomic E-state index is 12.5. The van der Waals surface area contributed by atoms with E-state index in [1.807, 2.05) is 54.6 Å². The first-order valence-electron chi connectivity index (χ1n) is 11.9. The molecule has 1 N–H and O–H groups in total. The van der Waals surface area contributed by atoms with Crippen molar-refractivity contribution in [3.8, 4) is 17.0 Å². The van der Waals surface area contributed by atoms with Crippen LogP contribution in [0.1, 0.15) is 28.9 Å². The quantitative estimate of drug-likeness (QED) is 0.326. The third-order valence-electron chi connectivity index (χ3n) is 5.96. The number of aromatic hydroxyl groups is 1. The Hall–Kier alpha value is -3.62. The number of aromatic nitrogens is 3. The summed E-state index contributed by atoms with van der Waals surface area (Å²) >= 11 is 0. The Morgan fingerprint density at radius 3 is 2.33 bits per heavy atom. The summed E-state index contributed by atoms with van der Waals surface area (Å²) in [6.45, 7) is 0.689. The normalized spacial score (nSPS) is 11.6. The van der Waals surface area contributed by atoms with Gasteiger partial charge in [-0.1, -0.05) is 30.3 Å². The average molecular weight is 503 g/mol. The molecule has 0 fully saturated rings. The Morgan fingerprint density at radius 2 is 1.58 bits per heavy atom. The van der Waals surface area contributed by atoms with Gasteiger partial charge in [0, 0.05) is 43.7 Å². The Kier molecular flexibility index (Phi) is 8.40. The molecule has 2 aromatic carbocycles. The highest BCUT2D eigenvalue weighted by Gasteiger charge is 2.17. The van der Waals surface area contributed by atoms with Gasteiger partial charge < -0.3 is 5.11 Å². The highest BCUT2D eigenvalue weighted by Crippen LogP contribution is 2.21. The standard InChI is InChI=1S/C28H30N4O3S/c1-36(34,35)32(19-15-23-12-16-29-17-13-23)21-24-5-2-6-25(20-24)27-14-18-30-28(31-27)7-3-4-22-8-10-26(33)11-9-22/h2,5-6,8-14,16-18,20,33H,3-4,7,15,19,21H2,1H3. The first-order valence-corrected chi connectivity index (χ1v) is 13.7. The molecule has 0 saturated carbocycles. The third kappa shape index (κ3) is 7.44. The molecule has 4 aromatic rings. The fraction of sp³-hybridized carbons (Fsp3) is 0.250. The average Bonchev–Trinajstić information content (AvgIpc) is 2.88. The molecule has 0 radical (unpaired) electrons. The number of phenolic OH excluding ortho intramolecular Hbond substituents is 1. The molecule has 8 heteroatoms. The van der Waals surface area contributed by atoms with E-state index in [9.17, 15) is 13.5 Å². The number of sulfonamides is 1. The number of aryl methyl sites for hydroxylation is 2. The molecule has 36 heavy (non-hydrogen) atoms. The topological polar surface area (TPSA) is 96.3 Å². The number of benzene rings is 2. The fourth-order valence-corrected chi connectivity index (χ4v) is 4.80. The van der Waals surface area contributed by atoms with E-state index >= 15 is 0 Å². The van der Waals surface area contributed by atoms with E-state index in [-0.39, 0.29) is 5.75 Å². The van der Waals surface area contributed by atoms with Crippen LogP contribution in [0.15, 0.2) is 85.3 Å². The summed E-state index contributed by atoms with van der Waals surface area (Å²) in [5, 5.41) is 9.43. The number of pyridine rings is 1. The molecular weight excluding hydrogens is 472 g/mol. The number of rotatable bonds is 11. The third-order valence-corrected chi connectivity index (χ3v) is 7.21. The number of hydrogen-bond donors (Lipinski definition) is 1. The Morgan fingerprint density at radius 1 is 0.833 bits per heavy atom. The van der Waals surface area contributed by atoms with Crippen LogP contribution in [0.5, 0.6) is 5.75 Å². The molecule has 0 amide bonds. The van der Waals surface area contributed by atoms with E-state index in [4.69, 9.17) is 4.98 Å². The lowest BCUT2D eigenvalue weighted by Gasteiger charge is -2.20. The SMILES string of the molecule is CS(=O)(=O)N(CCc1ccncc1)Cc1cccc(-c2ccnc(CCCc3ccc(O)cc3)n2)c1. The van der Waals surface area contributed by atoms with E-state index < -0.39 is 10.0 Å². The van der Waals surface area contributed by atoms with Gasteiger partial charge in [-0.15, -0.1) is 0 Å². The van der Waals surface area contributed by atoms with Crippen molar-refractivity contribution in [3.05, 3.63) is 108 Å². The highest BCUT2D eigenvalue weighted by atomic mass is 32.2. The van der Waals surface area contributed by atoms with Crippen molar-refractivity contribution in [2.45, 2.75) is 32.2 Å². The van der Waals surface area contributed by atoms with Crippen molar-refractivity contribution in [2.24, 2.45) is 0 Å². The molecule has 0 spiro atoms. The summed E-state index contributed by atoms with van der Waals surface area (Å²) in [6.07, 6.45) is 9.58. The van der Waals surface area contributed by atoms with Crippen LogP contribution in [0.2, 0.25) is 0 Å². The Bertz CT molecular complexity index is 1380. The Labute approximate surface area is 212 Å². The van der Waals surface area contributed by atoms with Gasteiger partial charge in [0.25, 0.3) is 0 Å². The fourth-order valence-electron chi connectivity index (χ4n) is 3.99. The van der Waals surface area contributed by atoms with Crippen LogP contribution in [0.4, 0.5) is 0 Å². The minimum Gasteiger partial charge on any atom is -0.508 e. The lowest BCUT2D eigenvalue weighted by molar-refractivity contribution is 0.413. The van der Waals surface area contributed by atoms with Gasteiger partial charge in [0.15, 0.2) is 0 Å². The van der Waals surface area contributed by atoms with Crippen LogP contribution in [0.3, 0.4) is 0 Å². The number of phenols is 1. The van der Waals surface area contributed by atoms with Crippen molar-refractivity contribution in [3.63, 3.8) is 0 Å². The minimum absolute atomic E-state index is 0.269. The first kappa shape index (κ1) is 25.5. The van der Waals surface area contributed by atoms with Crippen molar-refractivity contribution in [2.75, 3.05) is 12.8 Å². The second-order valence-electron chi connectivity index (χ2n) is 8.78. The lowest BCUT2D eigenvalue weighted by Crippen LogP contribution is -2.31. The minimum atomic E-state index is -3.37. The molecule has 0 aliphatic rings. The molecule has 0 bridgehead atoms. The van der Waals surface area contributed by atoms with Gasteiger partial charge in [0.05, 0.1) is 11.9 Å². The molecule has 2 aromatic heterocycles. The van der Waals surface area contributed by atoms with Crippen LogP contribution in [-0.2, 0) is 35.8 Å². The molecule has 0 saturated heterocycles. The zero-order valence-corrected chi connectivity index (χ0v) is 21.1. The second kappa shape index (κ2) is 11.9. The molecule has 0 unspecified atom stereocenters. The summed E-state index contributed by atoms with van der Waals surface area (Å²) in [5.41, 5.74) is 4.86.